The van der Waals surface area contributed by atoms with E-state index in [4.69, 9.17) is 0 Å². The topological polar surface area (TPSA) is 29.1 Å². The molecule has 142 valence electrons. The SMILES string of the molecule is CCCCCCCCCCCCCC(=O)Nc1ccc2ccccc2c1. The standard InChI is InChI=1S/C24H35NO/c1-2-3-4-5-6-7-8-9-10-11-12-17-24(26)25-23-19-18-21-15-13-14-16-22(21)20-23/h13-16,18-20H,2-12,17H2,1H3,(H,25,26). The molecule has 0 saturated heterocycles. The van der Waals surface area contributed by atoms with Crippen molar-refractivity contribution in [3.05, 3.63) is 42.5 Å². The second kappa shape index (κ2) is 12.5. The van der Waals surface area contributed by atoms with Crippen LogP contribution in [0.3, 0.4) is 0 Å². The summed E-state index contributed by atoms with van der Waals surface area (Å²) in [6.07, 6.45) is 15.0. The predicted octanol–water partition coefficient (Wildman–Crippen LogP) is 7.48. The minimum Gasteiger partial charge on any atom is -0.326 e. The van der Waals surface area contributed by atoms with Gasteiger partial charge in [-0.3, -0.25) is 4.79 Å². The van der Waals surface area contributed by atoms with E-state index in [0.717, 1.165) is 12.1 Å². The second-order valence-corrected chi connectivity index (χ2v) is 7.40. The Hall–Kier alpha value is -1.83. The summed E-state index contributed by atoms with van der Waals surface area (Å²) in [6.45, 7) is 2.27. The highest BCUT2D eigenvalue weighted by Crippen LogP contribution is 2.19. The molecule has 1 amide bonds. The largest absolute Gasteiger partial charge is 0.326 e. The Labute approximate surface area is 159 Å². The quantitative estimate of drug-likeness (QED) is 0.371. The van der Waals surface area contributed by atoms with Gasteiger partial charge in [0.05, 0.1) is 0 Å². The summed E-state index contributed by atoms with van der Waals surface area (Å²) in [6, 6.07) is 14.3. The normalized spacial score (nSPS) is 11.0. The van der Waals surface area contributed by atoms with E-state index in [9.17, 15) is 4.79 Å². The van der Waals surface area contributed by atoms with Crippen LogP contribution in [0.15, 0.2) is 42.5 Å². The number of carbonyl (C=O) groups excluding carboxylic acids is 1. The van der Waals surface area contributed by atoms with Crippen LogP contribution in [0.25, 0.3) is 10.8 Å². The van der Waals surface area contributed by atoms with Gasteiger partial charge in [-0.1, -0.05) is 101 Å². The average Bonchev–Trinajstić information content (AvgIpc) is 2.66. The summed E-state index contributed by atoms with van der Waals surface area (Å²) in [5.74, 6) is 0.135. The molecule has 2 nitrogen and oxygen atoms in total. The summed E-state index contributed by atoms with van der Waals surface area (Å²) < 4.78 is 0. The minimum absolute atomic E-state index is 0.135. The Morgan fingerprint density at radius 2 is 1.31 bits per heavy atom. The third kappa shape index (κ3) is 8.03. The average molecular weight is 354 g/mol. The summed E-state index contributed by atoms with van der Waals surface area (Å²) in [7, 11) is 0. The highest BCUT2D eigenvalue weighted by Gasteiger charge is 2.03. The van der Waals surface area contributed by atoms with Crippen LogP contribution in [0.2, 0.25) is 0 Å². The van der Waals surface area contributed by atoms with Gasteiger partial charge in [0.15, 0.2) is 0 Å². The van der Waals surface area contributed by atoms with Gasteiger partial charge in [-0.25, -0.2) is 0 Å². The Morgan fingerprint density at radius 3 is 1.96 bits per heavy atom. The Kier molecular flexibility index (Phi) is 9.86. The molecule has 2 rings (SSSR count). The molecule has 0 radical (unpaired) electrons. The molecule has 26 heavy (non-hydrogen) atoms. The van der Waals surface area contributed by atoms with Crippen molar-refractivity contribution < 1.29 is 4.79 Å². The number of benzene rings is 2. The van der Waals surface area contributed by atoms with Crippen molar-refractivity contribution in [1.82, 2.24) is 0 Å². The van der Waals surface area contributed by atoms with E-state index >= 15 is 0 Å². The smallest absolute Gasteiger partial charge is 0.224 e. The number of amides is 1. The van der Waals surface area contributed by atoms with E-state index in [2.05, 4.69) is 30.4 Å². The monoisotopic (exact) mass is 353 g/mol. The Bertz CT molecular complexity index is 649. The van der Waals surface area contributed by atoms with Crippen molar-refractivity contribution in [2.75, 3.05) is 5.32 Å². The number of fused-ring (bicyclic) bond motifs is 1. The van der Waals surface area contributed by atoms with Crippen molar-refractivity contribution in [3.8, 4) is 0 Å². The van der Waals surface area contributed by atoms with Crippen LogP contribution in [0.1, 0.15) is 84.0 Å². The molecule has 0 aromatic heterocycles. The Balaban J connectivity index is 1.51. The third-order valence-electron chi connectivity index (χ3n) is 5.04. The first kappa shape index (κ1) is 20.5. The number of hydrogen-bond donors (Lipinski definition) is 1. The molecule has 0 spiro atoms. The van der Waals surface area contributed by atoms with Crippen LogP contribution >= 0.6 is 0 Å². The van der Waals surface area contributed by atoms with Crippen molar-refractivity contribution >= 4 is 22.4 Å². The zero-order valence-electron chi connectivity index (χ0n) is 16.4. The molecule has 0 unspecified atom stereocenters. The molecule has 2 aromatic carbocycles. The van der Waals surface area contributed by atoms with Crippen molar-refractivity contribution in [3.63, 3.8) is 0 Å². The highest BCUT2D eigenvalue weighted by atomic mass is 16.1. The molecule has 0 bridgehead atoms. The summed E-state index contributed by atoms with van der Waals surface area (Å²) in [4.78, 5) is 12.1. The number of hydrogen-bond acceptors (Lipinski definition) is 1. The predicted molar refractivity (Wildman–Crippen MR) is 114 cm³/mol. The molecule has 0 heterocycles. The third-order valence-corrected chi connectivity index (χ3v) is 5.04. The molecular formula is C24H35NO. The Morgan fingerprint density at radius 1 is 0.731 bits per heavy atom. The maximum atomic E-state index is 12.1. The van der Waals surface area contributed by atoms with Crippen LogP contribution in [-0.4, -0.2) is 5.91 Å². The van der Waals surface area contributed by atoms with Crippen molar-refractivity contribution in [2.45, 2.75) is 84.0 Å². The fourth-order valence-electron chi connectivity index (χ4n) is 3.44. The zero-order valence-corrected chi connectivity index (χ0v) is 16.4. The molecule has 1 N–H and O–H groups in total. The van der Waals surface area contributed by atoms with Gasteiger partial charge in [-0.05, 0) is 29.3 Å². The molecule has 0 saturated carbocycles. The molecule has 0 atom stereocenters. The summed E-state index contributed by atoms with van der Waals surface area (Å²) in [5.41, 5.74) is 0.900. The van der Waals surface area contributed by atoms with Crippen LogP contribution in [0.5, 0.6) is 0 Å². The molecule has 0 aliphatic carbocycles. The molecule has 0 aliphatic rings. The lowest BCUT2D eigenvalue weighted by Gasteiger charge is -2.07. The lowest BCUT2D eigenvalue weighted by atomic mass is 10.1. The number of rotatable bonds is 13. The number of nitrogens with one attached hydrogen (secondary N) is 1. The number of carbonyl (C=O) groups is 1. The van der Waals surface area contributed by atoms with Crippen LogP contribution < -0.4 is 5.32 Å². The summed E-state index contributed by atoms with van der Waals surface area (Å²) >= 11 is 0. The fraction of sp³-hybridized carbons (Fsp3) is 0.542. The number of unbranched alkanes of at least 4 members (excludes halogenated alkanes) is 10. The van der Waals surface area contributed by atoms with Gasteiger partial charge >= 0.3 is 0 Å². The van der Waals surface area contributed by atoms with Crippen LogP contribution in [-0.2, 0) is 4.79 Å². The van der Waals surface area contributed by atoms with E-state index in [0.29, 0.717) is 6.42 Å². The molecule has 0 aliphatic heterocycles. The molecule has 0 fully saturated rings. The maximum Gasteiger partial charge on any atom is 0.224 e. The van der Waals surface area contributed by atoms with Gasteiger partial charge in [0.25, 0.3) is 0 Å². The summed E-state index contributed by atoms with van der Waals surface area (Å²) in [5, 5.41) is 5.40. The first-order valence-electron chi connectivity index (χ1n) is 10.6. The zero-order chi connectivity index (χ0) is 18.5. The van der Waals surface area contributed by atoms with E-state index in [1.54, 1.807) is 0 Å². The van der Waals surface area contributed by atoms with Gasteiger partial charge in [0.1, 0.15) is 0 Å². The van der Waals surface area contributed by atoms with Crippen molar-refractivity contribution in [1.29, 1.82) is 0 Å². The van der Waals surface area contributed by atoms with Crippen LogP contribution in [0.4, 0.5) is 5.69 Å². The highest BCUT2D eigenvalue weighted by molar-refractivity contribution is 5.94. The lowest BCUT2D eigenvalue weighted by Crippen LogP contribution is -2.10. The lowest BCUT2D eigenvalue weighted by molar-refractivity contribution is -0.116. The van der Waals surface area contributed by atoms with Gasteiger partial charge in [-0.2, -0.15) is 0 Å². The van der Waals surface area contributed by atoms with Gasteiger partial charge in [0, 0.05) is 12.1 Å². The fourth-order valence-corrected chi connectivity index (χ4v) is 3.44. The van der Waals surface area contributed by atoms with Crippen molar-refractivity contribution in [2.24, 2.45) is 0 Å². The minimum atomic E-state index is 0.135. The first-order valence-corrected chi connectivity index (χ1v) is 10.6. The van der Waals surface area contributed by atoms with E-state index in [1.165, 1.54) is 75.0 Å². The maximum absolute atomic E-state index is 12.1. The van der Waals surface area contributed by atoms with E-state index < -0.39 is 0 Å². The molecule has 2 heteroatoms. The first-order chi connectivity index (χ1) is 12.8. The van der Waals surface area contributed by atoms with E-state index in [1.807, 2.05) is 24.3 Å². The van der Waals surface area contributed by atoms with Crippen LogP contribution in [0, 0.1) is 0 Å². The second-order valence-electron chi connectivity index (χ2n) is 7.40. The van der Waals surface area contributed by atoms with Gasteiger partial charge in [-0.15, -0.1) is 0 Å². The van der Waals surface area contributed by atoms with Gasteiger partial charge in [0.2, 0.25) is 5.91 Å². The van der Waals surface area contributed by atoms with E-state index in [-0.39, 0.29) is 5.91 Å². The van der Waals surface area contributed by atoms with Gasteiger partial charge < -0.3 is 5.32 Å². The molecular weight excluding hydrogens is 318 g/mol. The number of anilines is 1. The molecule has 2 aromatic rings.